The van der Waals surface area contributed by atoms with Crippen LogP contribution in [0.3, 0.4) is 0 Å². The van der Waals surface area contributed by atoms with Gasteiger partial charge in [-0.15, -0.1) is 0 Å². The topological polar surface area (TPSA) is 67.9 Å². The molecule has 0 fully saturated rings. The van der Waals surface area contributed by atoms with Gasteiger partial charge in [0.25, 0.3) is 0 Å². The summed E-state index contributed by atoms with van der Waals surface area (Å²) in [6, 6.07) is 12.9. The molecule has 2 aromatic carbocycles. The highest BCUT2D eigenvalue weighted by Gasteiger charge is 2.19. The second-order valence-corrected chi connectivity index (χ2v) is 7.81. The van der Waals surface area contributed by atoms with Crippen LogP contribution >= 0.6 is 0 Å². The van der Waals surface area contributed by atoms with Crippen molar-refractivity contribution in [1.82, 2.24) is 4.72 Å². The van der Waals surface area contributed by atoms with Crippen LogP contribution in [-0.4, -0.2) is 43.3 Å². The predicted molar refractivity (Wildman–Crippen MR) is 104 cm³/mol. The van der Waals surface area contributed by atoms with Gasteiger partial charge >= 0.3 is 0 Å². The van der Waals surface area contributed by atoms with E-state index >= 15 is 0 Å². The Bertz CT molecular complexity index is 818. The zero-order chi connectivity index (χ0) is 19.2. The molecule has 6 nitrogen and oxygen atoms in total. The lowest BCUT2D eigenvalue weighted by Gasteiger charge is -2.13. The van der Waals surface area contributed by atoms with Gasteiger partial charge in [0.05, 0.1) is 14.2 Å². The molecule has 0 heterocycles. The number of aryl methyl sites for hydroxylation is 1. The Morgan fingerprint density at radius 2 is 1.69 bits per heavy atom. The van der Waals surface area contributed by atoms with E-state index in [1.807, 2.05) is 19.0 Å². The lowest BCUT2D eigenvalue weighted by Crippen LogP contribution is -2.25. The number of nitrogens with one attached hydrogen (secondary N) is 1. The minimum Gasteiger partial charge on any atom is -0.497 e. The Balaban J connectivity index is 1.94. The van der Waals surface area contributed by atoms with E-state index in [1.165, 1.54) is 25.8 Å². The Kier molecular flexibility index (Phi) is 6.88. The normalized spacial score (nSPS) is 11.2. The van der Waals surface area contributed by atoms with Gasteiger partial charge in [0, 0.05) is 32.4 Å². The Labute approximate surface area is 155 Å². The van der Waals surface area contributed by atoms with Crippen LogP contribution in [-0.2, 0) is 16.4 Å². The minimum absolute atomic E-state index is 0.108. The summed E-state index contributed by atoms with van der Waals surface area (Å²) >= 11 is 0. The second-order valence-electron chi connectivity index (χ2n) is 6.08. The molecule has 0 radical (unpaired) electrons. The largest absolute Gasteiger partial charge is 0.497 e. The molecule has 26 heavy (non-hydrogen) atoms. The zero-order valence-electron chi connectivity index (χ0n) is 15.7. The number of methoxy groups -OCH3 is 2. The molecular weight excluding hydrogens is 352 g/mol. The Hall–Kier alpha value is -2.25. The molecule has 0 saturated heterocycles. The fourth-order valence-electron chi connectivity index (χ4n) is 2.53. The summed E-state index contributed by atoms with van der Waals surface area (Å²) in [6.07, 6.45) is 1.51. The first-order chi connectivity index (χ1) is 12.4. The predicted octanol–water partition coefficient (Wildman–Crippen LogP) is 2.68. The smallest absolute Gasteiger partial charge is 0.244 e. The highest BCUT2D eigenvalue weighted by atomic mass is 32.2. The number of hydrogen-bond donors (Lipinski definition) is 1. The molecule has 142 valence electrons. The van der Waals surface area contributed by atoms with Gasteiger partial charge < -0.3 is 14.4 Å². The van der Waals surface area contributed by atoms with E-state index in [-0.39, 0.29) is 10.6 Å². The number of ether oxygens (including phenoxy) is 2. The van der Waals surface area contributed by atoms with E-state index in [0.29, 0.717) is 18.7 Å². The molecule has 0 aliphatic carbocycles. The van der Waals surface area contributed by atoms with Crippen molar-refractivity contribution in [2.45, 2.75) is 17.7 Å². The maximum absolute atomic E-state index is 12.5. The van der Waals surface area contributed by atoms with Crippen LogP contribution in [0.5, 0.6) is 11.5 Å². The van der Waals surface area contributed by atoms with Gasteiger partial charge in [-0.25, -0.2) is 13.1 Å². The highest BCUT2D eigenvalue weighted by Crippen LogP contribution is 2.28. The summed E-state index contributed by atoms with van der Waals surface area (Å²) in [5.41, 5.74) is 2.32. The Morgan fingerprint density at radius 1 is 1.00 bits per heavy atom. The number of rotatable bonds is 9. The third-order valence-corrected chi connectivity index (χ3v) is 5.55. The molecule has 0 amide bonds. The highest BCUT2D eigenvalue weighted by molar-refractivity contribution is 7.89. The number of hydrogen-bond acceptors (Lipinski definition) is 5. The van der Waals surface area contributed by atoms with Crippen molar-refractivity contribution in [2.75, 3.05) is 39.8 Å². The van der Waals surface area contributed by atoms with Crippen molar-refractivity contribution < 1.29 is 17.9 Å². The third-order valence-electron chi connectivity index (χ3n) is 4.05. The zero-order valence-corrected chi connectivity index (χ0v) is 16.5. The van der Waals surface area contributed by atoms with Gasteiger partial charge in [-0.05, 0) is 42.7 Å². The third kappa shape index (κ3) is 5.12. The quantitative estimate of drug-likeness (QED) is 0.680. The maximum Gasteiger partial charge on any atom is 0.244 e. The van der Waals surface area contributed by atoms with E-state index in [9.17, 15) is 8.42 Å². The molecule has 0 unspecified atom stereocenters. The molecular formula is C19H26N2O4S. The molecule has 2 aromatic rings. The van der Waals surface area contributed by atoms with Crippen LogP contribution in [0.4, 0.5) is 5.69 Å². The van der Waals surface area contributed by atoms with Crippen LogP contribution in [0.2, 0.25) is 0 Å². The van der Waals surface area contributed by atoms with Crippen molar-refractivity contribution in [2.24, 2.45) is 0 Å². The summed E-state index contributed by atoms with van der Waals surface area (Å²) in [6.45, 7) is 0.354. The maximum atomic E-state index is 12.5. The van der Waals surface area contributed by atoms with E-state index < -0.39 is 10.0 Å². The van der Waals surface area contributed by atoms with Gasteiger partial charge in [0.1, 0.15) is 16.4 Å². The molecule has 0 aliphatic heterocycles. The first kappa shape index (κ1) is 20.1. The molecule has 0 aromatic heterocycles. The monoisotopic (exact) mass is 378 g/mol. The van der Waals surface area contributed by atoms with Crippen LogP contribution in [0.25, 0.3) is 0 Å². The second kappa shape index (κ2) is 8.91. The molecule has 2 rings (SSSR count). The van der Waals surface area contributed by atoms with Gasteiger partial charge in [-0.3, -0.25) is 0 Å². The number of anilines is 1. The standard InChI is InChI=1S/C19H26N2O4S/c1-21(2)16-9-7-15(8-10-16)6-5-13-20-26(22,23)19-12-11-17(24-3)14-18(19)25-4/h7-12,14,20H,5-6,13H2,1-4H3. The molecule has 0 saturated carbocycles. The fourth-order valence-corrected chi connectivity index (χ4v) is 3.76. The molecule has 0 spiro atoms. The average Bonchev–Trinajstić information content (AvgIpc) is 2.65. The number of nitrogens with zero attached hydrogens (tertiary/aromatic N) is 1. The lowest BCUT2D eigenvalue weighted by atomic mass is 10.1. The molecule has 1 N–H and O–H groups in total. The summed E-state index contributed by atoms with van der Waals surface area (Å²) in [7, 11) is 3.31. The first-order valence-electron chi connectivity index (χ1n) is 8.35. The van der Waals surface area contributed by atoms with Crippen LogP contribution in [0, 0.1) is 0 Å². The minimum atomic E-state index is -3.64. The van der Waals surface area contributed by atoms with E-state index in [4.69, 9.17) is 9.47 Å². The summed E-state index contributed by atoms with van der Waals surface area (Å²) in [5, 5.41) is 0. The van der Waals surface area contributed by atoms with Gasteiger partial charge in [0.15, 0.2) is 0 Å². The first-order valence-corrected chi connectivity index (χ1v) is 9.83. The number of benzene rings is 2. The van der Waals surface area contributed by atoms with Gasteiger partial charge in [0.2, 0.25) is 10.0 Å². The fraction of sp³-hybridized carbons (Fsp3) is 0.368. The molecule has 0 atom stereocenters. The number of sulfonamides is 1. The summed E-state index contributed by atoms with van der Waals surface area (Å²) < 4.78 is 37.9. The van der Waals surface area contributed by atoms with Crippen molar-refractivity contribution >= 4 is 15.7 Å². The summed E-state index contributed by atoms with van der Waals surface area (Å²) in [4.78, 5) is 2.15. The van der Waals surface area contributed by atoms with Gasteiger partial charge in [-0.2, -0.15) is 0 Å². The SMILES string of the molecule is COc1ccc(S(=O)(=O)NCCCc2ccc(N(C)C)cc2)c(OC)c1. The Morgan fingerprint density at radius 3 is 2.27 bits per heavy atom. The molecule has 7 heteroatoms. The molecule has 0 aliphatic rings. The van der Waals surface area contributed by atoms with E-state index in [2.05, 4.69) is 29.0 Å². The van der Waals surface area contributed by atoms with Crippen molar-refractivity contribution in [1.29, 1.82) is 0 Å². The van der Waals surface area contributed by atoms with Crippen molar-refractivity contribution in [3.8, 4) is 11.5 Å². The van der Waals surface area contributed by atoms with Crippen LogP contribution in [0.15, 0.2) is 47.4 Å². The van der Waals surface area contributed by atoms with Crippen molar-refractivity contribution in [3.63, 3.8) is 0 Å². The van der Waals surface area contributed by atoms with Gasteiger partial charge in [-0.1, -0.05) is 12.1 Å². The summed E-state index contributed by atoms with van der Waals surface area (Å²) in [5.74, 6) is 0.804. The lowest BCUT2D eigenvalue weighted by molar-refractivity contribution is 0.386. The van der Waals surface area contributed by atoms with Crippen LogP contribution < -0.4 is 19.1 Å². The van der Waals surface area contributed by atoms with Crippen LogP contribution in [0.1, 0.15) is 12.0 Å². The molecule has 0 bridgehead atoms. The average molecular weight is 378 g/mol. The van der Waals surface area contributed by atoms with E-state index in [0.717, 1.165) is 12.1 Å². The van der Waals surface area contributed by atoms with E-state index in [1.54, 1.807) is 12.1 Å². The van der Waals surface area contributed by atoms with Crippen molar-refractivity contribution in [3.05, 3.63) is 48.0 Å².